The summed E-state index contributed by atoms with van der Waals surface area (Å²) in [4.78, 5) is 0.334. The van der Waals surface area contributed by atoms with Gasteiger partial charge in [0.2, 0.25) is 0 Å². The van der Waals surface area contributed by atoms with Crippen molar-refractivity contribution >= 4 is 15.9 Å². The van der Waals surface area contributed by atoms with E-state index in [1.165, 1.54) is 5.56 Å². The summed E-state index contributed by atoms with van der Waals surface area (Å²) < 4.78 is 22.3. The van der Waals surface area contributed by atoms with E-state index in [0.717, 1.165) is 24.3 Å². The van der Waals surface area contributed by atoms with E-state index in [1.807, 2.05) is 12.1 Å². The molecule has 0 N–H and O–H groups in total. The fourth-order valence-corrected chi connectivity index (χ4v) is 3.18. The Hall–Kier alpha value is -0.780. The highest BCUT2D eigenvalue weighted by Crippen LogP contribution is 2.37. The van der Waals surface area contributed by atoms with Crippen LogP contribution in [-0.4, -0.2) is 44.5 Å². The standard InChI is InChI=1S/C16H23BrO4/c1-4-11-5-6-13(14(9-11)19-3)21-15-10-12(17)16(15)20-8-7-18-2/h5-6,9,12,15-16H,4,7-8,10H2,1-3H3. The lowest BCUT2D eigenvalue weighted by atomic mass is 9.91. The van der Waals surface area contributed by atoms with Crippen molar-refractivity contribution in [3.63, 3.8) is 0 Å². The minimum absolute atomic E-state index is 0.0487. The second kappa shape index (κ2) is 8.01. The summed E-state index contributed by atoms with van der Waals surface area (Å²) in [5.74, 6) is 1.56. The average molecular weight is 359 g/mol. The van der Waals surface area contributed by atoms with E-state index in [2.05, 4.69) is 28.9 Å². The molecule has 0 radical (unpaired) electrons. The molecule has 3 atom stereocenters. The fourth-order valence-electron chi connectivity index (χ4n) is 2.31. The lowest BCUT2D eigenvalue weighted by Crippen LogP contribution is -2.52. The molecule has 0 aromatic heterocycles. The van der Waals surface area contributed by atoms with E-state index in [4.69, 9.17) is 18.9 Å². The molecule has 1 aromatic carbocycles. The van der Waals surface area contributed by atoms with Crippen molar-refractivity contribution in [2.45, 2.75) is 36.8 Å². The first-order chi connectivity index (χ1) is 10.2. The van der Waals surface area contributed by atoms with Gasteiger partial charge in [0.25, 0.3) is 0 Å². The first-order valence-electron chi connectivity index (χ1n) is 7.27. The number of ether oxygens (including phenoxy) is 4. The summed E-state index contributed by atoms with van der Waals surface area (Å²) in [6.07, 6.45) is 2.01. The second-order valence-electron chi connectivity index (χ2n) is 5.07. The van der Waals surface area contributed by atoms with Gasteiger partial charge in [0.05, 0.1) is 20.3 Å². The van der Waals surface area contributed by atoms with Crippen LogP contribution in [0.3, 0.4) is 0 Å². The number of methoxy groups -OCH3 is 2. The Balaban J connectivity index is 1.97. The van der Waals surface area contributed by atoms with E-state index in [9.17, 15) is 0 Å². The zero-order chi connectivity index (χ0) is 15.2. The van der Waals surface area contributed by atoms with Crippen LogP contribution in [0.25, 0.3) is 0 Å². The molecule has 3 unspecified atom stereocenters. The van der Waals surface area contributed by atoms with Crippen LogP contribution in [0.4, 0.5) is 0 Å². The molecule has 1 aromatic rings. The topological polar surface area (TPSA) is 36.9 Å². The van der Waals surface area contributed by atoms with Gasteiger partial charge in [-0.1, -0.05) is 28.9 Å². The van der Waals surface area contributed by atoms with Gasteiger partial charge in [-0.3, -0.25) is 0 Å². The Bertz CT molecular complexity index is 452. The number of rotatable bonds is 8. The average Bonchev–Trinajstić information content (AvgIpc) is 2.51. The smallest absolute Gasteiger partial charge is 0.161 e. The van der Waals surface area contributed by atoms with Crippen LogP contribution in [0.1, 0.15) is 18.9 Å². The van der Waals surface area contributed by atoms with E-state index in [0.29, 0.717) is 18.0 Å². The van der Waals surface area contributed by atoms with E-state index in [-0.39, 0.29) is 12.2 Å². The Kier molecular flexibility index (Phi) is 6.33. The highest BCUT2D eigenvalue weighted by atomic mass is 79.9. The summed E-state index contributed by atoms with van der Waals surface area (Å²) in [6, 6.07) is 6.08. The molecule has 0 heterocycles. The van der Waals surface area contributed by atoms with Gasteiger partial charge in [0.15, 0.2) is 11.5 Å². The van der Waals surface area contributed by atoms with E-state index in [1.54, 1.807) is 14.2 Å². The van der Waals surface area contributed by atoms with Crippen LogP contribution < -0.4 is 9.47 Å². The van der Waals surface area contributed by atoms with Gasteiger partial charge >= 0.3 is 0 Å². The van der Waals surface area contributed by atoms with Crippen molar-refractivity contribution in [1.29, 1.82) is 0 Å². The molecule has 4 nitrogen and oxygen atoms in total. The maximum absolute atomic E-state index is 6.06. The summed E-state index contributed by atoms with van der Waals surface area (Å²) in [5.41, 5.74) is 1.24. The van der Waals surface area contributed by atoms with Gasteiger partial charge in [-0.15, -0.1) is 0 Å². The van der Waals surface area contributed by atoms with Crippen LogP contribution in [0.15, 0.2) is 18.2 Å². The number of halogens is 1. The third-order valence-electron chi connectivity index (χ3n) is 3.69. The van der Waals surface area contributed by atoms with Crippen LogP contribution in [0.2, 0.25) is 0 Å². The molecule has 21 heavy (non-hydrogen) atoms. The van der Waals surface area contributed by atoms with Crippen molar-refractivity contribution in [3.05, 3.63) is 23.8 Å². The van der Waals surface area contributed by atoms with Gasteiger partial charge in [0, 0.05) is 18.4 Å². The zero-order valence-corrected chi connectivity index (χ0v) is 14.4. The summed E-state index contributed by atoms with van der Waals surface area (Å²) >= 11 is 3.61. The molecule has 1 aliphatic carbocycles. The highest BCUT2D eigenvalue weighted by Gasteiger charge is 2.42. The summed E-state index contributed by atoms with van der Waals surface area (Å²) in [5, 5.41) is 0. The molecule has 1 aliphatic rings. The predicted octanol–water partition coefficient (Wildman–Crippen LogP) is 3.20. The molecular formula is C16H23BrO4. The molecule has 0 saturated heterocycles. The quantitative estimate of drug-likeness (QED) is 0.528. The lowest BCUT2D eigenvalue weighted by molar-refractivity contribution is -0.0870. The van der Waals surface area contributed by atoms with Gasteiger partial charge in [0.1, 0.15) is 12.2 Å². The summed E-state index contributed by atoms with van der Waals surface area (Å²) in [6.45, 7) is 3.29. The van der Waals surface area contributed by atoms with Crippen molar-refractivity contribution in [2.75, 3.05) is 27.4 Å². The second-order valence-corrected chi connectivity index (χ2v) is 6.25. The summed E-state index contributed by atoms with van der Waals surface area (Å²) in [7, 11) is 3.34. The predicted molar refractivity (Wildman–Crippen MR) is 85.7 cm³/mol. The normalized spacial score (nSPS) is 24.5. The SMILES string of the molecule is CCc1ccc(OC2CC(Br)C2OCCOC)c(OC)c1. The molecule has 1 saturated carbocycles. The molecular weight excluding hydrogens is 336 g/mol. The van der Waals surface area contributed by atoms with Crippen LogP contribution in [0, 0.1) is 0 Å². The molecule has 0 spiro atoms. The lowest BCUT2D eigenvalue weighted by Gasteiger charge is -2.41. The number of alkyl halides is 1. The van der Waals surface area contributed by atoms with Gasteiger partial charge < -0.3 is 18.9 Å². The zero-order valence-electron chi connectivity index (χ0n) is 12.8. The third-order valence-corrected chi connectivity index (χ3v) is 4.59. The van der Waals surface area contributed by atoms with Crippen molar-refractivity contribution in [2.24, 2.45) is 0 Å². The molecule has 1 fully saturated rings. The fraction of sp³-hybridized carbons (Fsp3) is 0.625. The largest absolute Gasteiger partial charge is 0.493 e. The number of benzene rings is 1. The van der Waals surface area contributed by atoms with Crippen molar-refractivity contribution in [1.82, 2.24) is 0 Å². The Morgan fingerprint density at radius 1 is 1.19 bits per heavy atom. The first kappa shape index (κ1) is 16.6. The third kappa shape index (κ3) is 4.11. The van der Waals surface area contributed by atoms with Crippen molar-refractivity contribution in [3.8, 4) is 11.5 Å². The number of hydrogen-bond acceptors (Lipinski definition) is 4. The number of aryl methyl sites for hydroxylation is 1. The maximum atomic E-state index is 6.06. The van der Waals surface area contributed by atoms with E-state index < -0.39 is 0 Å². The minimum atomic E-state index is 0.0487. The van der Waals surface area contributed by atoms with Crippen LogP contribution in [0.5, 0.6) is 11.5 Å². The monoisotopic (exact) mass is 358 g/mol. The molecule has 0 aliphatic heterocycles. The van der Waals surface area contributed by atoms with Crippen LogP contribution in [-0.2, 0) is 15.9 Å². The van der Waals surface area contributed by atoms with Gasteiger partial charge in [-0.2, -0.15) is 0 Å². The van der Waals surface area contributed by atoms with Gasteiger partial charge in [-0.25, -0.2) is 0 Å². The Morgan fingerprint density at radius 3 is 2.62 bits per heavy atom. The molecule has 0 amide bonds. The molecule has 0 bridgehead atoms. The first-order valence-corrected chi connectivity index (χ1v) is 8.19. The van der Waals surface area contributed by atoms with Crippen molar-refractivity contribution < 1.29 is 18.9 Å². The molecule has 118 valence electrons. The maximum Gasteiger partial charge on any atom is 0.161 e. The van der Waals surface area contributed by atoms with E-state index >= 15 is 0 Å². The Morgan fingerprint density at radius 2 is 2.00 bits per heavy atom. The minimum Gasteiger partial charge on any atom is -0.493 e. The van der Waals surface area contributed by atoms with Gasteiger partial charge in [-0.05, 0) is 24.1 Å². The Labute approximate surface area is 134 Å². The van der Waals surface area contributed by atoms with Crippen LogP contribution >= 0.6 is 15.9 Å². The highest BCUT2D eigenvalue weighted by molar-refractivity contribution is 9.09. The molecule has 5 heteroatoms. The molecule has 2 rings (SSSR count). The number of hydrogen-bond donors (Lipinski definition) is 0.